The van der Waals surface area contributed by atoms with Crippen molar-refractivity contribution in [2.75, 3.05) is 18.4 Å². The summed E-state index contributed by atoms with van der Waals surface area (Å²) in [6, 6.07) is 3.31. The number of aromatic nitrogens is 2. The van der Waals surface area contributed by atoms with Crippen molar-refractivity contribution in [2.24, 2.45) is 0 Å². The Morgan fingerprint density at radius 1 is 1.32 bits per heavy atom. The number of imidazole rings is 1. The monoisotopic (exact) mass is 487 g/mol. The third kappa shape index (κ3) is 5.38. The number of aryl methyl sites for hydroxylation is 1. The van der Waals surface area contributed by atoms with Crippen LogP contribution in [0.2, 0.25) is 5.02 Å². The predicted molar refractivity (Wildman–Crippen MR) is 134 cm³/mol. The van der Waals surface area contributed by atoms with Gasteiger partial charge in [0.15, 0.2) is 0 Å². The number of phenolic OH excluding ortho intramolecular Hbond substituents is 1. The summed E-state index contributed by atoms with van der Waals surface area (Å²) in [6.07, 6.45) is 2.11. The Morgan fingerprint density at radius 3 is 2.59 bits per heavy atom. The largest absolute Gasteiger partial charge is 0.506 e. The number of likely N-dealkylation sites (tertiary alicyclic amines) is 1. The van der Waals surface area contributed by atoms with E-state index in [0.29, 0.717) is 54.1 Å². The number of benzene rings is 1. The lowest BCUT2D eigenvalue weighted by Crippen LogP contribution is -2.60. The molecule has 0 atom stereocenters. The molecule has 1 aromatic carbocycles. The van der Waals surface area contributed by atoms with E-state index in [2.05, 4.69) is 43.0 Å². The second-order valence-corrected chi connectivity index (χ2v) is 10.1. The number of phenols is 1. The number of halogens is 1. The first kappa shape index (κ1) is 25.6. The standard InChI is InChI=1S/C25H34ClN5O3/c1-7-9-31-21(12-27-19-10-17(25(4,5)6)18(26)11-20(19)32)28-15(3)23(31)24(34)29-16-13-30(14-16)22(33)8-2/h8,10-11,16,27,32H,2,7,9,12-14H2,1,3-6H3,(H,29,34). The molecule has 2 amide bonds. The van der Waals surface area contributed by atoms with E-state index >= 15 is 0 Å². The third-order valence-corrected chi connectivity index (χ3v) is 6.23. The third-order valence-electron chi connectivity index (χ3n) is 5.92. The number of amides is 2. The first-order valence-corrected chi connectivity index (χ1v) is 11.9. The minimum absolute atomic E-state index is 0.0601. The quantitative estimate of drug-likeness (QED) is 0.386. The lowest BCUT2D eigenvalue weighted by molar-refractivity contribution is -0.130. The maximum atomic E-state index is 13.1. The van der Waals surface area contributed by atoms with Crippen LogP contribution in [-0.2, 0) is 23.3 Å². The number of aromatic hydroxyl groups is 1. The molecule has 2 aromatic rings. The van der Waals surface area contributed by atoms with E-state index < -0.39 is 0 Å². The van der Waals surface area contributed by atoms with Gasteiger partial charge in [0.1, 0.15) is 17.3 Å². The molecule has 0 radical (unpaired) electrons. The fourth-order valence-electron chi connectivity index (χ4n) is 4.10. The van der Waals surface area contributed by atoms with Crippen molar-refractivity contribution in [1.29, 1.82) is 0 Å². The van der Waals surface area contributed by atoms with Gasteiger partial charge in [-0.15, -0.1) is 0 Å². The molecule has 184 valence electrons. The summed E-state index contributed by atoms with van der Waals surface area (Å²) in [5.74, 6) is 0.425. The van der Waals surface area contributed by atoms with Crippen molar-refractivity contribution in [3.05, 3.63) is 52.6 Å². The molecule has 1 fully saturated rings. The van der Waals surface area contributed by atoms with Gasteiger partial charge in [-0.05, 0) is 36.5 Å². The van der Waals surface area contributed by atoms with Crippen molar-refractivity contribution >= 4 is 29.1 Å². The maximum absolute atomic E-state index is 13.1. The van der Waals surface area contributed by atoms with Crippen molar-refractivity contribution in [2.45, 2.75) is 65.6 Å². The molecular weight excluding hydrogens is 454 g/mol. The molecule has 3 rings (SSSR count). The molecule has 0 saturated carbocycles. The van der Waals surface area contributed by atoms with Gasteiger partial charge in [0, 0.05) is 30.7 Å². The molecule has 1 saturated heterocycles. The first-order valence-electron chi connectivity index (χ1n) is 11.5. The van der Waals surface area contributed by atoms with E-state index in [-0.39, 0.29) is 29.0 Å². The van der Waals surface area contributed by atoms with Crippen LogP contribution >= 0.6 is 11.6 Å². The Morgan fingerprint density at radius 2 is 2.00 bits per heavy atom. The van der Waals surface area contributed by atoms with Crippen LogP contribution in [0.5, 0.6) is 5.75 Å². The average molecular weight is 488 g/mol. The summed E-state index contributed by atoms with van der Waals surface area (Å²) in [5, 5.41) is 17.2. The second-order valence-electron chi connectivity index (χ2n) is 9.68. The molecule has 1 aliphatic heterocycles. The second kappa shape index (κ2) is 10.1. The fourth-order valence-corrected chi connectivity index (χ4v) is 4.54. The number of hydrogen-bond acceptors (Lipinski definition) is 5. The van der Waals surface area contributed by atoms with Gasteiger partial charge in [0.2, 0.25) is 5.91 Å². The van der Waals surface area contributed by atoms with Crippen LogP contribution in [0.3, 0.4) is 0 Å². The van der Waals surface area contributed by atoms with Gasteiger partial charge >= 0.3 is 0 Å². The van der Waals surface area contributed by atoms with Crippen molar-refractivity contribution < 1.29 is 14.7 Å². The SMILES string of the molecule is C=CC(=O)N1CC(NC(=O)c2c(C)nc(CNc3cc(C(C)(C)C)c(Cl)cc3O)n2CCC)C1. The maximum Gasteiger partial charge on any atom is 0.270 e. The van der Waals surface area contributed by atoms with E-state index in [0.717, 1.165) is 12.0 Å². The number of rotatable bonds is 8. The molecule has 0 spiro atoms. The highest BCUT2D eigenvalue weighted by molar-refractivity contribution is 6.31. The van der Waals surface area contributed by atoms with E-state index in [1.54, 1.807) is 11.0 Å². The minimum Gasteiger partial charge on any atom is -0.506 e. The highest BCUT2D eigenvalue weighted by atomic mass is 35.5. The number of carbonyl (C=O) groups is 2. The minimum atomic E-state index is -0.204. The fraction of sp³-hybridized carbons (Fsp3) is 0.480. The van der Waals surface area contributed by atoms with Gasteiger partial charge in [0.25, 0.3) is 5.91 Å². The van der Waals surface area contributed by atoms with E-state index in [1.165, 1.54) is 6.08 Å². The predicted octanol–water partition coefficient (Wildman–Crippen LogP) is 4.00. The Labute approximate surface area is 206 Å². The lowest BCUT2D eigenvalue weighted by Gasteiger charge is -2.38. The highest BCUT2D eigenvalue weighted by Gasteiger charge is 2.32. The first-order chi connectivity index (χ1) is 16.0. The molecule has 34 heavy (non-hydrogen) atoms. The van der Waals surface area contributed by atoms with Gasteiger partial charge in [-0.2, -0.15) is 0 Å². The van der Waals surface area contributed by atoms with Gasteiger partial charge in [-0.1, -0.05) is 45.9 Å². The van der Waals surface area contributed by atoms with Gasteiger partial charge in [-0.25, -0.2) is 4.98 Å². The number of hydrogen-bond donors (Lipinski definition) is 3. The number of anilines is 1. The summed E-state index contributed by atoms with van der Waals surface area (Å²) in [6.45, 7) is 15.4. The Bertz CT molecular complexity index is 1100. The molecule has 8 nitrogen and oxygen atoms in total. The smallest absolute Gasteiger partial charge is 0.270 e. The van der Waals surface area contributed by atoms with Crippen LogP contribution in [0, 0.1) is 6.92 Å². The normalized spacial score (nSPS) is 14.0. The summed E-state index contributed by atoms with van der Waals surface area (Å²) >= 11 is 6.35. The molecule has 1 aliphatic rings. The zero-order chi connectivity index (χ0) is 25.2. The van der Waals surface area contributed by atoms with Gasteiger partial charge in [0.05, 0.1) is 24.0 Å². The molecule has 0 bridgehead atoms. The topological polar surface area (TPSA) is 99.5 Å². The Balaban J connectivity index is 1.78. The van der Waals surface area contributed by atoms with Crippen molar-refractivity contribution in [3.8, 4) is 5.75 Å². The van der Waals surface area contributed by atoms with Crippen LogP contribution in [0.25, 0.3) is 0 Å². The summed E-state index contributed by atoms with van der Waals surface area (Å²) in [5.41, 5.74) is 2.45. The molecule has 1 aromatic heterocycles. The highest BCUT2D eigenvalue weighted by Crippen LogP contribution is 2.37. The molecule has 0 aliphatic carbocycles. The van der Waals surface area contributed by atoms with Crippen LogP contribution in [-0.4, -0.2) is 50.5 Å². The molecule has 2 heterocycles. The van der Waals surface area contributed by atoms with Crippen LogP contribution in [0.15, 0.2) is 24.8 Å². The summed E-state index contributed by atoms with van der Waals surface area (Å²) in [7, 11) is 0. The van der Waals surface area contributed by atoms with Crippen LogP contribution in [0.1, 0.15) is 61.7 Å². The number of nitrogens with one attached hydrogen (secondary N) is 2. The summed E-state index contributed by atoms with van der Waals surface area (Å²) in [4.78, 5) is 31.0. The molecule has 3 N–H and O–H groups in total. The Kier molecular flexibility index (Phi) is 7.60. The Hall–Kier alpha value is -3.00. The van der Waals surface area contributed by atoms with E-state index in [4.69, 9.17) is 11.6 Å². The molecule has 0 unspecified atom stereocenters. The number of nitrogens with zero attached hydrogens (tertiary/aromatic N) is 3. The van der Waals surface area contributed by atoms with Crippen molar-refractivity contribution in [1.82, 2.24) is 19.8 Å². The lowest BCUT2D eigenvalue weighted by atomic mass is 9.86. The number of carbonyl (C=O) groups excluding carboxylic acids is 2. The zero-order valence-electron chi connectivity index (χ0n) is 20.5. The van der Waals surface area contributed by atoms with Gasteiger partial charge < -0.3 is 25.2 Å². The van der Waals surface area contributed by atoms with E-state index in [9.17, 15) is 14.7 Å². The molecular formula is C25H34ClN5O3. The zero-order valence-corrected chi connectivity index (χ0v) is 21.3. The molecule has 9 heteroatoms. The van der Waals surface area contributed by atoms with Crippen molar-refractivity contribution in [3.63, 3.8) is 0 Å². The summed E-state index contributed by atoms with van der Waals surface area (Å²) < 4.78 is 1.92. The van der Waals surface area contributed by atoms with Crippen LogP contribution < -0.4 is 10.6 Å². The van der Waals surface area contributed by atoms with Gasteiger partial charge in [-0.3, -0.25) is 9.59 Å². The average Bonchev–Trinajstić information content (AvgIpc) is 3.03. The van der Waals surface area contributed by atoms with E-state index in [1.807, 2.05) is 24.5 Å². The van der Waals surface area contributed by atoms with Crippen LogP contribution in [0.4, 0.5) is 5.69 Å².